The Labute approximate surface area is 157 Å². The Morgan fingerprint density at radius 2 is 2.00 bits per heavy atom. The van der Waals surface area contributed by atoms with Crippen molar-refractivity contribution in [2.45, 2.75) is 0 Å². The highest BCUT2D eigenvalue weighted by molar-refractivity contribution is 6.33. The molecular formula is C16H11ClN6O4. The molecule has 0 aliphatic rings. The molecule has 0 spiro atoms. The van der Waals surface area contributed by atoms with Gasteiger partial charge in [-0.3, -0.25) is 30.7 Å². The smallest absolute Gasteiger partial charge is 0.374 e. The summed E-state index contributed by atoms with van der Waals surface area (Å²) >= 11 is 5.95. The largest absolute Gasteiger partial charge is 0.432 e. The fourth-order valence-corrected chi connectivity index (χ4v) is 2.26. The SMILES string of the molecule is O=C(NNc1ncnc(Oc2cccnc2)c1[N+](=O)[O-])c1ccccc1Cl. The summed E-state index contributed by atoms with van der Waals surface area (Å²) in [5.41, 5.74) is 4.34. The molecule has 136 valence electrons. The van der Waals surface area contributed by atoms with Gasteiger partial charge >= 0.3 is 11.6 Å². The van der Waals surface area contributed by atoms with Gasteiger partial charge in [-0.15, -0.1) is 0 Å². The molecule has 2 aromatic heterocycles. The fourth-order valence-electron chi connectivity index (χ4n) is 2.04. The summed E-state index contributed by atoms with van der Waals surface area (Å²) in [6, 6.07) is 9.52. The van der Waals surface area contributed by atoms with Crippen LogP contribution in [0.5, 0.6) is 11.6 Å². The Morgan fingerprint density at radius 1 is 1.19 bits per heavy atom. The number of carbonyl (C=O) groups is 1. The number of hydrazine groups is 1. The minimum atomic E-state index is -0.727. The van der Waals surface area contributed by atoms with E-state index in [1.165, 1.54) is 18.5 Å². The number of amides is 1. The van der Waals surface area contributed by atoms with Crippen LogP contribution < -0.4 is 15.6 Å². The van der Waals surface area contributed by atoms with E-state index in [9.17, 15) is 14.9 Å². The van der Waals surface area contributed by atoms with Crippen molar-refractivity contribution < 1.29 is 14.5 Å². The third kappa shape index (κ3) is 4.25. The van der Waals surface area contributed by atoms with Gasteiger partial charge in [0.1, 0.15) is 12.1 Å². The molecule has 0 aliphatic carbocycles. The number of aromatic nitrogens is 3. The first-order chi connectivity index (χ1) is 13.1. The first-order valence-electron chi connectivity index (χ1n) is 7.44. The van der Waals surface area contributed by atoms with Crippen molar-refractivity contribution in [3.8, 4) is 11.6 Å². The Bertz CT molecular complexity index is 986. The van der Waals surface area contributed by atoms with Crippen molar-refractivity contribution in [1.82, 2.24) is 20.4 Å². The van der Waals surface area contributed by atoms with Crippen LogP contribution in [0, 0.1) is 10.1 Å². The Kier molecular flexibility index (Phi) is 5.38. The average molecular weight is 387 g/mol. The number of carbonyl (C=O) groups excluding carboxylic acids is 1. The van der Waals surface area contributed by atoms with Gasteiger partial charge in [0.05, 0.1) is 21.7 Å². The second kappa shape index (κ2) is 8.06. The van der Waals surface area contributed by atoms with Gasteiger partial charge in [-0.05, 0) is 24.3 Å². The van der Waals surface area contributed by atoms with Crippen molar-refractivity contribution in [2.24, 2.45) is 0 Å². The zero-order valence-corrected chi connectivity index (χ0v) is 14.3. The van der Waals surface area contributed by atoms with Crippen LogP contribution in [0.25, 0.3) is 0 Å². The molecule has 3 aromatic rings. The first kappa shape index (κ1) is 18.0. The molecule has 0 atom stereocenters. The van der Waals surface area contributed by atoms with Crippen LogP contribution in [0.15, 0.2) is 55.1 Å². The number of ether oxygens (including phenoxy) is 1. The van der Waals surface area contributed by atoms with E-state index in [0.29, 0.717) is 0 Å². The van der Waals surface area contributed by atoms with E-state index in [4.69, 9.17) is 16.3 Å². The monoisotopic (exact) mass is 386 g/mol. The molecule has 2 heterocycles. The number of nitrogens with one attached hydrogen (secondary N) is 2. The van der Waals surface area contributed by atoms with E-state index in [-0.39, 0.29) is 28.0 Å². The summed E-state index contributed by atoms with van der Waals surface area (Å²) < 4.78 is 5.39. The molecule has 0 saturated carbocycles. The van der Waals surface area contributed by atoms with Gasteiger partial charge in [-0.1, -0.05) is 23.7 Å². The van der Waals surface area contributed by atoms with Crippen LogP contribution in [-0.4, -0.2) is 25.8 Å². The number of benzene rings is 1. The molecule has 0 unspecified atom stereocenters. The molecule has 0 fully saturated rings. The highest BCUT2D eigenvalue weighted by atomic mass is 35.5. The van der Waals surface area contributed by atoms with Gasteiger partial charge in [0.25, 0.3) is 5.91 Å². The van der Waals surface area contributed by atoms with Crippen LogP contribution in [0.3, 0.4) is 0 Å². The van der Waals surface area contributed by atoms with Gasteiger partial charge in [0.2, 0.25) is 5.82 Å². The number of hydrogen-bond acceptors (Lipinski definition) is 8. The second-order valence-corrected chi connectivity index (χ2v) is 5.39. The minimum absolute atomic E-state index is 0.190. The zero-order chi connectivity index (χ0) is 19.2. The van der Waals surface area contributed by atoms with Gasteiger partial charge < -0.3 is 4.74 Å². The molecule has 27 heavy (non-hydrogen) atoms. The molecular weight excluding hydrogens is 376 g/mol. The molecule has 3 rings (SSSR count). The maximum atomic E-state index is 12.2. The third-order valence-corrected chi connectivity index (χ3v) is 3.56. The number of nitro groups is 1. The second-order valence-electron chi connectivity index (χ2n) is 4.98. The number of nitrogens with zero attached hydrogens (tertiary/aromatic N) is 4. The summed E-state index contributed by atoms with van der Waals surface area (Å²) in [7, 11) is 0. The van der Waals surface area contributed by atoms with E-state index >= 15 is 0 Å². The zero-order valence-electron chi connectivity index (χ0n) is 13.5. The lowest BCUT2D eigenvalue weighted by Crippen LogP contribution is -2.30. The summed E-state index contributed by atoms with van der Waals surface area (Å²) in [5.74, 6) is -0.902. The van der Waals surface area contributed by atoms with E-state index in [1.54, 1.807) is 30.3 Å². The Hall–Kier alpha value is -3.79. The number of anilines is 1. The van der Waals surface area contributed by atoms with E-state index in [1.807, 2.05) is 0 Å². The predicted octanol–water partition coefficient (Wildman–Crippen LogP) is 2.98. The molecule has 11 heteroatoms. The van der Waals surface area contributed by atoms with Crippen molar-refractivity contribution in [3.63, 3.8) is 0 Å². The lowest BCUT2D eigenvalue weighted by atomic mass is 10.2. The summed E-state index contributed by atoms with van der Waals surface area (Å²) in [6.07, 6.45) is 3.96. The molecule has 0 aliphatic heterocycles. The summed E-state index contributed by atoms with van der Waals surface area (Å²) in [6.45, 7) is 0. The quantitative estimate of drug-likeness (QED) is 0.488. The van der Waals surface area contributed by atoms with Crippen LogP contribution in [-0.2, 0) is 0 Å². The number of pyridine rings is 1. The Balaban J connectivity index is 1.83. The number of hydrogen-bond donors (Lipinski definition) is 2. The third-order valence-electron chi connectivity index (χ3n) is 3.23. The van der Waals surface area contributed by atoms with E-state index in [2.05, 4.69) is 25.8 Å². The van der Waals surface area contributed by atoms with Gasteiger partial charge in [0, 0.05) is 6.20 Å². The maximum absolute atomic E-state index is 12.2. The van der Waals surface area contributed by atoms with Crippen LogP contribution in [0.2, 0.25) is 5.02 Å². The topological polar surface area (TPSA) is 132 Å². The standard InChI is InChI=1S/C16H11ClN6O4/c17-12-6-2-1-5-11(12)15(24)22-21-14-13(23(25)26)16(20-9-19-14)27-10-4-3-7-18-8-10/h1-9H,(H,22,24)(H,19,20,21). The molecule has 0 radical (unpaired) electrons. The summed E-state index contributed by atoms with van der Waals surface area (Å²) in [5, 5.41) is 11.7. The molecule has 1 aromatic carbocycles. The van der Waals surface area contributed by atoms with E-state index in [0.717, 1.165) is 6.33 Å². The van der Waals surface area contributed by atoms with Crippen molar-refractivity contribution in [3.05, 3.63) is 75.8 Å². The Morgan fingerprint density at radius 3 is 2.70 bits per heavy atom. The highest BCUT2D eigenvalue weighted by Gasteiger charge is 2.25. The van der Waals surface area contributed by atoms with Gasteiger partial charge in [-0.2, -0.15) is 4.98 Å². The van der Waals surface area contributed by atoms with Gasteiger partial charge in [-0.25, -0.2) is 4.98 Å². The van der Waals surface area contributed by atoms with Gasteiger partial charge in [0.15, 0.2) is 0 Å². The van der Waals surface area contributed by atoms with Crippen molar-refractivity contribution in [2.75, 3.05) is 5.43 Å². The van der Waals surface area contributed by atoms with Crippen molar-refractivity contribution >= 4 is 29.0 Å². The predicted molar refractivity (Wildman–Crippen MR) is 95.5 cm³/mol. The highest BCUT2D eigenvalue weighted by Crippen LogP contribution is 2.33. The molecule has 0 bridgehead atoms. The number of halogens is 1. The first-order valence-corrected chi connectivity index (χ1v) is 7.82. The van der Waals surface area contributed by atoms with Crippen LogP contribution in [0.4, 0.5) is 11.5 Å². The number of rotatable bonds is 6. The maximum Gasteiger partial charge on any atom is 0.374 e. The molecule has 2 N–H and O–H groups in total. The average Bonchev–Trinajstić information content (AvgIpc) is 2.67. The van der Waals surface area contributed by atoms with E-state index < -0.39 is 16.5 Å². The molecule has 1 amide bonds. The van der Waals surface area contributed by atoms with Crippen LogP contribution >= 0.6 is 11.6 Å². The molecule has 0 saturated heterocycles. The lowest BCUT2D eigenvalue weighted by molar-refractivity contribution is -0.385. The molecule has 10 nitrogen and oxygen atoms in total. The van der Waals surface area contributed by atoms with Crippen LogP contribution in [0.1, 0.15) is 10.4 Å². The lowest BCUT2D eigenvalue weighted by Gasteiger charge is -2.10. The minimum Gasteiger partial charge on any atom is -0.432 e. The normalized spacial score (nSPS) is 10.1. The summed E-state index contributed by atoms with van der Waals surface area (Å²) in [4.78, 5) is 34.3. The fraction of sp³-hybridized carbons (Fsp3) is 0. The van der Waals surface area contributed by atoms with Crippen molar-refractivity contribution in [1.29, 1.82) is 0 Å².